The summed E-state index contributed by atoms with van der Waals surface area (Å²) >= 11 is 0. The van der Waals surface area contributed by atoms with E-state index in [0.717, 1.165) is 11.6 Å². The lowest BCUT2D eigenvalue weighted by atomic mass is 9.95. The summed E-state index contributed by atoms with van der Waals surface area (Å²) in [5.41, 5.74) is 1.36. The van der Waals surface area contributed by atoms with Crippen LogP contribution in [0.4, 0.5) is 0 Å². The van der Waals surface area contributed by atoms with E-state index in [-0.39, 0.29) is 11.3 Å². The fourth-order valence-corrected chi connectivity index (χ4v) is 3.15. The van der Waals surface area contributed by atoms with Gasteiger partial charge in [0.2, 0.25) is 0 Å². The molecule has 0 atom stereocenters. The zero-order valence-electron chi connectivity index (χ0n) is 14.4. The highest BCUT2D eigenvalue weighted by Gasteiger charge is 2.29. The second-order valence-corrected chi connectivity index (χ2v) is 7.29. The Bertz CT molecular complexity index is 1020. The third-order valence-electron chi connectivity index (χ3n) is 4.38. The van der Waals surface area contributed by atoms with Gasteiger partial charge in [-0.1, -0.05) is 20.8 Å². The fourth-order valence-electron chi connectivity index (χ4n) is 3.15. The van der Waals surface area contributed by atoms with Gasteiger partial charge < -0.3 is 13.9 Å². The summed E-state index contributed by atoms with van der Waals surface area (Å²) in [4.78, 5) is 28.4. The average molecular weight is 341 g/mol. The average Bonchev–Trinajstić information content (AvgIpc) is 3.14. The molecule has 8 nitrogen and oxygen atoms in total. The Morgan fingerprint density at radius 3 is 2.80 bits per heavy atom. The smallest absolute Gasteiger partial charge is 0.408 e. The number of aromatic nitrogens is 4. The van der Waals surface area contributed by atoms with Gasteiger partial charge in [0.25, 0.3) is 5.91 Å². The monoisotopic (exact) mass is 341 g/mol. The minimum atomic E-state index is -0.527. The molecule has 0 spiro atoms. The van der Waals surface area contributed by atoms with Gasteiger partial charge in [-0.15, -0.1) is 10.2 Å². The summed E-state index contributed by atoms with van der Waals surface area (Å²) in [6.45, 7) is 7.96. The number of oxazole rings is 1. The lowest BCUT2D eigenvalue weighted by Crippen LogP contribution is -2.39. The highest BCUT2D eigenvalue weighted by atomic mass is 16.4. The van der Waals surface area contributed by atoms with Crippen molar-refractivity contribution in [3.63, 3.8) is 0 Å². The zero-order valence-corrected chi connectivity index (χ0v) is 14.4. The first-order chi connectivity index (χ1) is 11.8. The Kier molecular flexibility index (Phi) is 3.31. The maximum absolute atomic E-state index is 12.8. The molecule has 0 radical (unpaired) electrons. The first-order valence-corrected chi connectivity index (χ1v) is 8.17. The number of H-pyrrole nitrogens is 1. The van der Waals surface area contributed by atoms with Crippen molar-refractivity contribution in [3.8, 4) is 0 Å². The molecule has 3 heterocycles. The zero-order chi connectivity index (χ0) is 17.8. The molecule has 130 valence electrons. The van der Waals surface area contributed by atoms with Crippen molar-refractivity contribution in [2.45, 2.75) is 39.3 Å². The maximum atomic E-state index is 12.8. The molecule has 0 saturated heterocycles. The molecule has 4 rings (SSSR count). The van der Waals surface area contributed by atoms with E-state index in [4.69, 9.17) is 4.42 Å². The normalized spacial score (nSPS) is 14.8. The summed E-state index contributed by atoms with van der Waals surface area (Å²) in [5.74, 6) is 1.08. The van der Waals surface area contributed by atoms with Gasteiger partial charge in [-0.3, -0.25) is 9.78 Å². The third-order valence-corrected chi connectivity index (χ3v) is 4.38. The molecule has 3 aromatic rings. The van der Waals surface area contributed by atoms with E-state index < -0.39 is 5.76 Å². The molecule has 0 aliphatic carbocycles. The minimum Gasteiger partial charge on any atom is -0.408 e. The highest BCUT2D eigenvalue weighted by molar-refractivity contribution is 5.97. The molecule has 8 heteroatoms. The Balaban J connectivity index is 1.61. The maximum Gasteiger partial charge on any atom is 0.417 e. The standard InChI is InChI=1S/C17H19N5O3/c1-17(2,3)15-20-19-13-9-21(6-7-22(13)15)14(23)10-4-5-11-12(8-10)25-16(24)18-11/h4-5,8H,6-7,9H2,1-3H3,(H,18,24). The molecule has 1 aliphatic rings. The molecule has 0 unspecified atom stereocenters. The number of carbonyl (C=O) groups is 1. The molecule has 2 aromatic heterocycles. The van der Waals surface area contributed by atoms with Crippen molar-refractivity contribution < 1.29 is 9.21 Å². The first-order valence-electron chi connectivity index (χ1n) is 8.17. The second-order valence-electron chi connectivity index (χ2n) is 7.29. The number of fused-ring (bicyclic) bond motifs is 2. The number of amides is 1. The number of carbonyl (C=O) groups excluding carboxylic acids is 1. The molecule has 1 amide bonds. The predicted molar refractivity (Wildman–Crippen MR) is 90.3 cm³/mol. The van der Waals surface area contributed by atoms with Crippen molar-refractivity contribution in [1.82, 2.24) is 24.6 Å². The first kappa shape index (κ1) is 15.6. The van der Waals surface area contributed by atoms with Gasteiger partial charge in [0.15, 0.2) is 11.4 Å². The van der Waals surface area contributed by atoms with Crippen LogP contribution in [0.15, 0.2) is 27.4 Å². The van der Waals surface area contributed by atoms with Crippen LogP contribution in [0.2, 0.25) is 0 Å². The van der Waals surface area contributed by atoms with Gasteiger partial charge >= 0.3 is 5.76 Å². The van der Waals surface area contributed by atoms with Gasteiger partial charge in [-0.25, -0.2) is 4.79 Å². The van der Waals surface area contributed by atoms with Crippen LogP contribution in [0.5, 0.6) is 0 Å². The SMILES string of the molecule is CC(C)(C)c1nnc2n1CCN(C(=O)c1ccc3[nH]c(=O)oc3c1)C2. The lowest BCUT2D eigenvalue weighted by molar-refractivity contribution is 0.0705. The molecule has 0 fully saturated rings. The Morgan fingerprint density at radius 1 is 1.24 bits per heavy atom. The summed E-state index contributed by atoms with van der Waals surface area (Å²) in [6, 6.07) is 4.96. The van der Waals surface area contributed by atoms with Gasteiger partial charge in [0.1, 0.15) is 5.82 Å². The van der Waals surface area contributed by atoms with Crippen LogP contribution in [-0.2, 0) is 18.5 Å². The lowest BCUT2D eigenvalue weighted by Gasteiger charge is -2.29. The van der Waals surface area contributed by atoms with Crippen LogP contribution in [0, 0.1) is 0 Å². The van der Waals surface area contributed by atoms with Crippen molar-refractivity contribution in [2.24, 2.45) is 0 Å². The quantitative estimate of drug-likeness (QED) is 0.726. The largest absolute Gasteiger partial charge is 0.417 e. The summed E-state index contributed by atoms with van der Waals surface area (Å²) in [6.07, 6.45) is 0. The molecule has 0 saturated carbocycles. The Hall–Kier alpha value is -2.90. The van der Waals surface area contributed by atoms with Gasteiger partial charge in [0, 0.05) is 24.1 Å². The van der Waals surface area contributed by atoms with Crippen LogP contribution >= 0.6 is 0 Å². The van der Waals surface area contributed by atoms with Crippen LogP contribution in [-0.4, -0.2) is 37.1 Å². The third kappa shape index (κ3) is 2.63. The van der Waals surface area contributed by atoms with E-state index in [9.17, 15) is 9.59 Å². The molecule has 1 aliphatic heterocycles. The molecule has 1 N–H and O–H groups in total. The summed E-state index contributed by atoms with van der Waals surface area (Å²) in [7, 11) is 0. The second kappa shape index (κ2) is 5.30. The van der Waals surface area contributed by atoms with Gasteiger partial charge in [0.05, 0.1) is 12.1 Å². The number of nitrogens with one attached hydrogen (secondary N) is 1. The van der Waals surface area contributed by atoms with E-state index in [1.807, 2.05) is 0 Å². The predicted octanol–water partition coefficient (Wildman–Crippen LogP) is 1.67. The molecular formula is C17H19N5O3. The van der Waals surface area contributed by atoms with Crippen LogP contribution in [0.3, 0.4) is 0 Å². The minimum absolute atomic E-state index is 0.0890. The fraction of sp³-hybridized carbons (Fsp3) is 0.412. The Labute approximate surface area is 143 Å². The number of hydrogen-bond donors (Lipinski definition) is 1. The molecule has 1 aromatic carbocycles. The van der Waals surface area contributed by atoms with Crippen molar-refractivity contribution in [2.75, 3.05) is 6.54 Å². The number of nitrogens with zero attached hydrogens (tertiary/aromatic N) is 4. The van der Waals surface area contributed by atoms with Crippen molar-refractivity contribution >= 4 is 17.0 Å². The van der Waals surface area contributed by atoms with Gasteiger partial charge in [-0.05, 0) is 18.2 Å². The van der Waals surface area contributed by atoms with Crippen LogP contribution in [0.1, 0.15) is 42.8 Å². The molecule has 0 bridgehead atoms. The Morgan fingerprint density at radius 2 is 2.04 bits per heavy atom. The number of benzene rings is 1. The number of rotatable bonds is 1. The van der Waals surface area contributed by atoms with E-state index in [1.54, 1.807) is 23.1 Å². The van der Waals surface area contributed by atoms with Gasteiger partial charge in [-0.2, -0.15) is 0 Å². The molecule has 25 heavy (non-hydrogen) atoms. The van der Waals surface area contributed by atoms with Crippen LogP contribution < -0.4 is 5.76 Å². The summed E-state index contributed by atoms with van der Waals surface area (Å²) in [5, 5.41) is 8.56. The topological polar surface area (TPSA) is 97.0 Å². The number of hydrogen-bond acceptors (Lipinski definition) is 5. The van der Waals surface area contributed by atoms with Crippen molar-refractivity contribution in [1.29, 1.82) is 0 Å². The van der Waals surface area contributed by atoms with E-state index in [0.29, 0.717) is 36.3 Å². The summed E-state index contributed by atoms with van der Waals surface area (Å²) < 4.78 is 7.13. The van der Waals surface area contributed by atoms with E-state index >= 15 is 0 Å². The van der Waals surface area contributed by atoms with Crippen molar-refractivity contribution in [3.05, 3.63) is 46.0 Å². The van der Waals surface area contributed by atoms with Crippen LogP contribution in [0.25, 0.3) is 11.1 Å². The van der Waals surface area contributed by atoms with E-state index in [2.05, 4.69) is 40.5 Å². The highest BCUT2D eigenvalue weighted by Crippen LogP contribution is 2.24. The van der Waals surface area contributed by atoms with E-state index in [1.165, 1.54) is 0 Å². The number of aromatic amines is 1. The molecular weight excluding hydrogens is 322 g/mol.